The molecule has 0 radical (unpaired) electrons. The fourth-order valence-corrected chi connectivity index (χ4v) is 5.87. The third kappa shape index (κ3) is 2.15. The van der Waals surface area contributed by atoms with Gasteiger partial charge in [-0.1, -0.05) is 72.0 Å². The van der Waals surface area contributed by atoms with E-state index in [1.54, 1.807) is 0 Å². The average molecular weight is 301 g/mol. The minimum atomic E-state index is -2.99. The molecule has 3 rings (SSSR count). The van der Waals surface area contributed by atoms with Gasteiger partial charge >= 0.3 is 0 Å². The summed E-state index contributed by atoms with van der Waals surface area (Å²) in [5.74, 6) is 0. The molecule has 2 N–H and O–H groups in total. The van der Waals surface area contributed by atoms with E-state index in [1.807, 2.05) is 60.7 Å². The molecule has 0 unspecified atom stereocenters. The standard InChI is InChI=1S/C14H12N3OPS/c15-13-16-17-14(20-13)19(18,11-7-3-1-4-8-11)12-9-5-2-6-10-12/h1-10H,(H2,15,16). The van der Waals surface area contributed by atoms with Gasteiger partial charge in [0.2, 0.25) is 5.13 Å². The highest BCUT2D eigenvalue weighted by Gasteiger charge is 2.33. The van der Waals surface area contributed by atoms with Gasteiger partial charge in [-0.3, -0.25) is 0 Å². The fraction of sp³-hybridized carbons (Fsp3) is 0. The third-order valence-electron chi connectivity index (χ3n) is 2.94. The Hall–Kier alpha value is -1.97. The SMILES string of the molecule is Nc1nnc(P(=O)(c2ccccc2)c2ccccc2)s1. The number of nitrogens with zero attached hydrogens (tertiary/aromatic N) is 2. The van der Waals surface area contributed by atoms with Gasteiger partial charge in [0, 0.05) is 10.6 Å². The van der Waals surface area contributed by atoms with Crippen LogP contribution < -0.4 is 21.1 Å². The highest BCUT2D eigenvalue weighted by atomic mass is 32.1. The Morgan fingerprint density at radius 3 is 1.75 bits per heavy atom. The topological polar surface area (TPSA) is 68.9 Å². The molecule has 6 heteroatoms. The lowest BCUT2D eigenvalue weighted by atomic mass is 10.4. The maximum absolute atomic E-state index is 13.7. The number of rotatable bonds is 3. The van der Waals surface area contributed by atoms with Gasteiger partial charge in [-0.2, -0.15) is 0 Å². The van der Waals surface area contributed by atoms with E-state index in [0.717, 1.165) is 10.6 Å². The molecule has 1 aromatic heterocycles. The van der Waals surface area contributed by atoms with E-state index in [0.29, 0.717) is 9.88 Å². The van der Waals surface area contributed by atoms with Crippen LogP contribution >= 0.6 is 18.5 Å². The van der Waals surface area contributed by atoms with E-state index in [-0.39, 0.29) is 0 Å². The zero-order valence-electron chi connectivity index (χ0n) is 10.5. The molecule has 20 heavy (non-hydrogen) atoms. The Labute approximate surface area is 120 Å². The van der Waals surface area contributed by atoms with Crippen molar-refractivity contribution < 1.29 is 4.57 Å². The molecule has 0 fully saturated rings. The predicted molar refractivity (Wildman–Crippen MR) is 83.7 cm³/mol. The van der Waals surface area contributed by atoms with Crippen molar-refractivity contribution >= 4 is 39.0 Å². The first-order chi connectivity index (χ1) is 9.71. The Balaban J connectivity index is 2.26. The van der Waals surface area contributed by atoms with E-state index in [9.17, 15) is 4.57 Å². The summed E-state index contributed by atoms with van der Waals surface area (Å²) in [6.07, 6.45) is 0. The van der Waals surface area contributed by atoms with E-state index in [4.69, 9.17) is 5.73 Å². The van der Waals surface area contributed by atoms with Crippen LogP contribution in [0.5, 0.6) is 0 Å². The Bertz CT molecular complexity index is 715. The molecule has 0 aliphatic rings. The van der Waals surface area contributed by atoms with Crippen molar-refractivity contribution in [1.82, 2.24) is 10.2 Å². The van der Waals surface area contributed by atoms with E-state index < -0.39 is 7.14 Å². The van der Waals surface area contributed by atoms with Gasteiger partial charge in [0.1, 0.15) is 0 Å². The summed E-state index contributed by atoms with van der Waals surface area (Å²) in [6.45, 7) is 0. The second kappa shape index (κ2) is 5.19. The number of nitrogens with two attached hydrogens (primary N) is 1. The molecule has 4 nitrogen and oxygen atoms in total. The third-order valence-corrected chi connectivity index (χ3v) is 7.22. The molecule has 3 aromatic rings. The quantitative estimate of drug-likeness (QED) is 0.748. The number of hydrogen-bond acceptors (Lipinski definition) is 5. The molecule has 0 saturated carbocycles. The van der Waals surface area contributed by atoms with Crippen LogP contribution in [0.4, 0.5) is 5.13 Å². The molecule has 0 saturated heterocycles. The molecular weight excluding hydrogens is 289 g/mol. The molecule has 0 aliphatic heterocycles. The van der Waals surface area contributed by atoms with Crippen LogP contribution in [0, 0.1) is 0 Å². The normalized spacial score (nSPS) is 11.4. The molecule has 0 spiro atoms. The highest BCUT2D eigenvalue weighted by molar-refractivity contribution is 7.89. The summed E-state index contributed by atoms with van der Waals surface area (Å²) in [5, 5.41) is 9.63. The molecule has 0 amide bonds. The molecular formula is C14H12N3OPS. The maximum atomic E-state index is 13.7. The van der Waals surface area contributed by atoms with Crippen molar-refractivity contribution in [2.24, 2.45) is 0 Å². The van der Waals surface area contributed by atoms with Gasteiger partial charge in [0.25, 0.3) is 0 Å². The maximum Gasteiger partial charge on any atom is 0.203 e. The molecule has 0 bridgehead atoms. The first-order valence-electron chi connectivity index (χ1n) is 6.02. The first-order valence-corrected chi connectivity index (χ1v) is 8.54. The lowest BCUT2D eigenvalue weighted by Gasteiger charge is -2.15. The van der Waals surface area contributed by atoms with Crippen LogP contribution in [0.1, 0.15) is 0 Å². The Morgan fingerprint density at radius 2 is 1.35 bits per heavy atom. The zero-order chi connectivity index (χ0) is 14.0. The van der Waals surface area contributed by atoms with Gasteiger partial charge < -0.3 is 10.3 Å². The van der Waals surface area contributed by atoms with Gasteiger partial charge in [-0.15, -0.1) is 10.2 Å². The van der Waals surface area contributed by atoms with Crippen LogP contribution in [-0.2, 0) is 4.57 Å². The molecule has 0 atom stereocenters. The predicted octanol–water partition coefficient (Wildman–Crippen LogP) is 1.76. The first kappa shape index (κ1) is 13.0. The lowest BCUT2D eigenvalue weighted by Crippen LogP contribution is -2.24. The van der Waals surface area contributed by atoms with Crippen LogP contribution in [0.2, 0.25) is 0 Å². The van der Waals surface area contributed by atoms with Gasteiger partial charge in [0.15, 0.2) is 11.9 Å². The number of anilines is 1. The van der Waals surface area contributed by atoms with Gasteiger partial charge in [-0.05, 0) is 0 Å². The number of hydrogen-bond donors (Lipinski definition) is 1. The number of benzene rings is 2. The molecule has 2 aromatic carbocycles. The second-order valence-electron chi connectivity index (χ2n) is 4.20. The fourth-order valence-electron chi connectivity index (χ4n) is 2.00. The summed E-state index contributed by atoms with van der Waals surface area (Å²) in [6, 6.07) is 18.7. The summed E-state index contributed by atoms with van der Waals surface area (Å²) in [5.41, 5.74) is 5.66. The molecule has 100 valence electrons. The van der Waals surface area contributed by atoms with Crippen LogP contribution in [0.15, 0.2) is 60.7 Å². The van der Waals surface area contributed by atoms with Crippen LogP contribution in [0.3, 0.4) is 0 Å². The minimum Gasteiger partial charge on any atom is -0.374 e. The number of nitrogen functional groups attached to an aromatic ring is 1. The Kier molecular flexibility index (Phi) is 3.38. The monoisotopic (exact) mass is 301 g/mol. The van der Waals surface area contributed by atoms with Crippen molar-refractivity contribution in [1.29, 1.82) is 0 Å². The van der Waals surface area contributed by atoms with E-state index >= 15 is 0 Å². The van der Waals surface area contributed by atoms with Gasteiger partial charge in [-0.25, -0.2) is 0 Å². The summed E-state index contributed by atoms with van der Waals surface area (Å²) >= 11 is 1.18. The highest BCUT2D eigenvalue weighted by Crippen LogP contribution is 2.43. The van der Waals surface area contributed by atoms with Crippen molar-refractivity contribution in [3.63, 3.8) is 0 Å². The smallest absolute Gasteiger partial charge is 0.203 e. The average Bonchev–Trinajstić information content (AvgIpc) is 2.95. The largest absolute Gasteiger partial charge is 0.374 e. The summed E-state index contributed by atoms with van der Waals surface area (Å²) < 4.78 is 14.1. The zero-order valence-corrected chi connectivity index (χ0v) is 12.2. The van der Waals surface area contributed by atoms with E-state index in [2.05, 4.69) is 10.2 Å². The van der Waals surface area contributed by atoms with Crippen molar-refractivity contribution in [3.8, 4) is 0 Å². The van der Waals surface area contributed by atoms with Crippen LogP contribution in [0.25, 0.3) is 0 Å². The van der Waals surface area contributed by atoms with Crippen LogP contribution in [-0.4, -0.2) is 10.2 Å². The van der Waals surface area contributed by atoms with E-state index in [1.165, 1.54) is 11.3 Å². The van der Waals surface area contributed by atoms with Crippen molar-refractivity contribution in [2.75, 3.05) is 5.73 Å². The summed E-state index contributed by atoms with van der Waals surface area (Å²) in [4.78, 5) is 0. The summed E-state index contributed by atoms with van der Waals surface area (Å²) in [7, 11) is -2.99. The van der Waals surface area contributed by atoms with Gasteiger partial charge in [0.05, 0.1) is 0 Å². The molecule has 0 aliphatic carbocycles. The second-order valence-corrected chi connectivity index (χ2v) is 8.19. The number of aromatic nitrogens is 2. The lowest BCUT2D eigenvalue weighted by molar-refractivity contribution is 0.592. The molecule has 1 heterocycles. The van der Waals surface area contributed by atoms with Crippen molar-refractivity contribution in [3.05, 3.63) is 60.7 Å². The Morgan fingerprint density at radius 1 is 0.850 bits per heavy atom. The van der Waals surface area contributed by atoms with Crippen molar-refractivity contribution in [2.45, 2.75) is 0 Å². The minimum absolute atomic E-state index is 0.326.